The molecule has 0 aromatic heterocycles. The highest BCUT2D eigenvalue weighted by Gasteiger charge is 2.65. The summed E-state index contributed by atoms with van der Waals surface area (Å²) in [5.74, 6) is 0.331. The third kappa shape index (κ3) is 9.46. The molecule has 3 aliphatic rings. The average molecular weight is 795 g/mol. The lowest BCUT2D eigenvalue weighted by Crippen LogP contribution is -2.70. The van der Waals surface area contributed by atoms with Crippen molar-refractivity contribution in [3.8, 4) is 28.4 Å². The van der Waals surface area contributed by atoms with Crippen LogP contribution in [0.2, 0.25) is 0 Å². The topological polar surface area (TPSA) is 119 Å². The van der Waals surface area contributed by atoms with Crippen LogP contribution < -0.4 is 9.47 Å². The number of hydrogen-bond acceptors (Lipinski definition) is 9. The van der Waals surface area contributed by atoms with Gasteiger partial charge in [0.1, 0.15) is 28.9 Å². The Morgan fingerprint density at radius 3 is 2.31 bits per heavy atom. The Kier molecular flexibility index (Phi) is 14.4. The molecule has 312 valence electrons. The molecule has 6 rings (SSSR count). The van der Waals surface area contributed by atoms with Gasteiger partial charge in [0.2, 0.25) is 5.79 Å². The first-order chi connectivity index (χ1) is 28.1. The van der Waals surface area contributed by atoms with Crippen LogP contribution in [0.3, 0.4) is 0 Å². The first-order valence-corrected chi connectivity index (χ1v) is 21.0. The summed E-state index contributed by atoms with van der Waals surface area (Å²) in [6, 6.07) is 23.7. The number of methoxy groups -OCH3 is 1. The molecular formula is C48H62N2O8. The highest BCUT2D eigenvalue weighted by atomic mass is 16.7. The molecule has 1 heterocycles. The van der Waals surface area contributed by atoms with E-state index in [-0.39, 0.29) is 37.6 Å². The quantitative estimate of drug-likeness (QED) is 0.0742. The molecule has 10 heteroatoms. The Bertz CT molecular complexity index is 1890. The van der Waals surface area contributed by atoms with Crippen LogP contribution in [0.1, 0.15) is 90.5 Å². The number of amides is 1. The van der Waals surface area contributed by atoms with E-state index >= 15 is 0 Å². The number of carbonyl (C=O) groups is 1. The van der Waals surface area contributed by atoms with E-state index < -0.39 is 29.4 Å². The number of allylic oxidation sites excluding steroid dienone is 1. The number of benzene rings is 3. The lowest BCUT2D eigenvalue weighted by atomic mass is 9.55. The van der Waals surface area contributed by atoms with Crippen molar-refractivity contribution in [1.82, 2.24) is 4.90 Å². The van der Waals surface area contributed by atoms with Crippen molar-refractivity contribution >= 4 is 11.8 Å². The Labute approximate surface area is 344 Å². The van der Waals surface area contributed by atoms with E-state index in [1.165, 1.54) is 7.11 Å². The van der Waals surface area contributed by atoms with E-state index in [0.717, 1.165) is 53.7 Å². The van der Waals surface area contributed by atoms with Crippen LogP contribution >= 0.6 is 0 Å². The highest BCUT2D eigenvalue weighted by Crippen LogP contribution is 2.62. The molecule has 0 spiro atoms. The molecule has 2 aliphatic carbocycles. The minimum absolute atomic E-state index is 0.0926. The Morgan fingerprint density at radius 2 is 1.66 bits per heavy atom. The zero-order valence-electron chi connectivity index (χ0n) is 34.9. The molecule has 1 amide bonds. The third-order valence-electron chi connectivity index (χ3n) is 11.5. The maximum atomic E-state index is 13.8. The maximum Gasteiger partial charge on any atom is 0.409 e. The summed E-state index contributed by atoms with van der Waals surface area (Å²) < 4.78 is 26.3. The average Bonchev–Trinajstić information content (AvgIpc) is 3.22. The van der Waals surface area contributed by atoms with E-state index in [0.29, 0.717) is 49.5 Å². The maximum absolute atomic E-state index is 13.8. The third-order valence-corrected chi connectivity index (χ3v) is 11.5. The second kappa shape index (κ2) is 19.4. The van der Waals surface area contributed by atoms with Crippen LogP contribution in [-0.4, -0.2) is 77.8 Å². The van der Waals surface area contributed by atoms with Crippen LogP contribution in [0.4, 0.5) is 4.79 Å². The van der Waals surface area contributed by atoms with Crippen LogP contribution in [-0.2, 0) is 14.3 Å². The summed E-state index contributed by atoms with van der Waals surface area (Å²) in [5, 5.41) is 24.7. The SMILES string of the molecule is C=CCOC12Oc3ccc(Oc4ccc(-c5ccccc5)cc4)cc3C3C(CCCCO)C(CCCCO)C=C(C(=NOC(C)(C)C)CC1N(CCC)C(=O)OC)C32. The van der Waals surface area contributed by atoms with Gasteiger partial charge < -0.3 is 34.0 Å². The van der Waals surface area contributed by atoms with E-state index in [1.54, 1.807) is 11.0 Å². The predicted molar refractivity (Wildman–Crippen MR) is 227 cm³/mol. The summed E-state index contributed by atoms with van der Waals surface area (Å²) >= 11 is 0. The number of aliphatic hydroxyl groups excluding tert-OH is 2. The number of nitrogens with zero attached hydrogens (tertiary/aromatic N) is 2. The number of oxime groups is 1. The van der Waals surface area contributed by atoms with Crippen LogP contribution in [0.25, 0.3) is 11.1 Å². The van der Waals surface area contributed by atoms with Gasteiger partial charge in [-0.3, -0.25) is 4.90 Å². The smallest absolute Gasteiger partial charge is 0.409 e. The molecule has 3 aromatic rings. The normalized spacial score (nSPS) is 24.2. The molecule has 0 bridgehead atoms. The molecule has 1 saturated carbocycles. The summed E-state index contributed by atoms with van der Waals surface area (Å²) in [6.45, 7) is 12.8. The fourth-order valence-electron chi connectivity index (χ4n) is 9.12. The highest BCUT2D eigenvalue weighted by molar-refractivity contribution is 6.03. The molecule has 1 fully saturated rings. The van der Waals surface area contributed by atoms with Crippen molar-refractivity contribution in [2.45, 2.75) is 102 Å². The first kappa shape index (κ1) is 43.0. The van der Waals surface area contributed by atoms with Crippen molar-refractivity contribution in [3.05, 3.63) is 103 Å². The number of fused-ring (bicyclic) bond motifs is 2. The second-order valence-electron chi connectivity index (χ2n) is 16.6. The fraction of sp³-hybridized carbons (Fsp3) is 0.500. The van der Waals surface area contributed by atoms with Crippen molar-refractivity contribution in [1.29, 1.82) is 0 Å². The molecular weight excluding hydrogens is 733 g/mol. The van der Waals surface area contributed by atoms with Crippen molar-refractivity contribution in [3.63, 3.8) is 0 Å². The standard InChI is InChI=1S/C48H62N2O8/c1-7-26-50(46(53)54-6)43-32-41(49-58-47(3,4)5)39-30-35(18-12-14-27-51)38(19-13-15-28-52)44-40-31-37(24-25-42(40)57-48(43,45(39)44)55-29-8-2)56-36-22-20-34(21-23-36)33-16-10-9-11-17-33/h8-11,16-17,20-25,30-31,35,38,43-45,51-52H,2,7,12-15,18-19,26-29,32H2,1,3-6H3. The lowest BCUT2D eigenvalue weighted by Gasteiger charge is -2.59. The number of ether oxygens (including phenoxy) is 4. The van der Waals surface area contributed by atoms with E-state index in [4.69, 9.17) is 28.9 Å². The second-order valence-corrected chi connectivity index (χ2v) is 16.6. The van der Waals surface area contributed by atoms with Gasteiger partial charge in [-0.1, -0.05) is 79.5 Å². The summed E-state index contributed by atoms with van der Waals surface area (Å²) in [5.41, 5.74) is 4.39. The monoisotopic (exact) mass is 794 g/mol. The minimum atomic E-state index is -1.34. The van der Waals surface area contributed by atoms with Crippen LogP contribution in [0.5, 0.6) is 17.2 Å². The summed E-state index contributed by atoms with van der Waals surface area (Å²) in [7, 11) is 1.40. The van der Waals surface area contributed by atoms with E-state index in [9.17, 15) is 15.0 Å². The van der Waals surface area contributed by atoms with Gasteiger partial charge in [0.05, 0.1) is 25.3 Å². The van der Waals surface area contributed by atoms with Gasteiger partial charge in [0.25, 0.3) is 0 Å². The molecule has 6 unspecified atom stereocenters. The van der Waals surface area contributed by atoms with Gasteiger partial charge in [-0.15, -0.1) is 6.58 Å². The van der Waals surface area contributed by atoms with Crippen LogP contribution in [0, 0.1) is 17.8 Å². The molecule has 0 radical (unpaired) electrons. The fourth-order valence-corrected chi connectivity index (χ4v) is 9.12. The zero-order chi connectivity index (χ0) is 41.3. The Morgan fingerprint density at radius 1 is 0.966 bits per heavy atom. The van der Waals surface area contributed by atoms with Crippen LogP contribution in [0.15, 0.2) is 102 Å². The molecule has 2 N–H and O–H groups in total. The van der Waals surface area contributed by atoms with Crippen molar-refractivity contribution in [2.24, 2.45) is 22.9 Å². The van der Waals surface area contributed by atoms with Gasteiger partial charge in [-0.2, -0.15) is 0 Å². The minimum Gasteiger partial charge on any atom is -0.459 e. The zero-order valence-corrected chi connectivity index (χ0v) is 34.9. The molecule has 0 saturated heterocycles. The predicted octanol–water partition coefficient (Wildman–Crippen LogP) is 10.1. The number of aliphatic hydroxyl groups is 2. The molecule has 10 nitrogen and oxygen atoms in total. The van der Waals surface area contributed by atoms with Crippen molar-refractivity contribution in [2.75, 3.05) is 33.5 Å². The number of hydrogen-bond donors (Lipinski definition) is 2. The summed E-state index contributed by atoms with van der Waals surface area (Å²) in [4.78, 5) is 21.7. The van der Waals surface area contributed by atoms with Gasteiger partial charge in [-0.25, -0.2) is 4.79 Å². The Hall–Kier alpha value is -4.64. The first-order valence-electron chi connectivity index (χ1n) is 21.0. The van der Waals surface area contributed by atoms with E-state index in [2.05, 4.69) is 43.0 Å². The summed E-state index contributed by atoms with van der Waals surface area (Å²) in [6.07, 6.45) is 9.34. The Balaban J connectivity index is 1.55. The lowest BCUT2D eigenvalue weighted by molar-refractivity contribution is -0.255. The van der Waals surface area contributed by atoms with Gasteiger partial charge in [0.15, 0.2) is 0 Å². The van der Waals surface area contributed by atoms with E-state index in [1.807, 2.05) is 70.2 Å². The molecule has 6 atom stereocenters. The number of carbonyl (C=O) groups excluding carboxylic acids is 1. The van der Waals surface area contributed by atoms with Gasteiger partial charge >= 0.3 is 6.09 Å². The molecule has 1 aliphatic heterocycles. The van der Waals surface area contributed by atoms with Gasteiger partial charge in [-0.05, 0) is 112 Å². The van der Waals surface area contributed by atoms with Crippen molar-refractivity contribution < 1.29 is 38.8 Å². The number of rotatable bonds is 18. The number of unbranched alkanes of at least 4 members (excludes halogenated alkanes) is 2. The molecule has 3 aromatic carbocycles. The molecule has 58 heavy (non-hydrogen) atoms. The largest absolute Gasteiger partial charge is 0.459 e. The van der Waals surface area contributed by atoms with Gasteiger partial charge in [0, 0.05) is 37.7 Å².